The van der Waals surface area contributed by atoms with Crippen LogP contribution in [0.1, 0.15) is 11.6 Å². The summed E-state index contributed by atoms with van der Waals surface area (Å²) in [5.41, 5.74) is 13.4. The lowest BCUT2D eigenvalue weighted by molar-refractivity contribution is 0.527. The molecule has 0 fully saturated rings. The number of hydrogen-bond acceptors (Lipinski definition) is 4. The monoisotopic (exact) mass is 207 g/mol. The summed E-state index contributed by atoms with van der Waals surface area (Å²) in [6, 6.07) is 5.20. The Balaban J connectivity index is 2.62. The minimum Gasteiger partial charge on any atom is -0.408 e. The van der Waals surface area contributed by atoms with Crippen molar-refractivity contribution in [3.05, 3.63) is 34.3 Å². The first-order valence-corrected chi connectivity index (χ1v) is 4.68. The van der Waals surface area contributed by atoms with Crippen LogP contribution in [0.4, 0.5) is 0 Å². The SMILES string of the molecule is Cn1c(=O)oc2cc(C(N)CN)ccc21. The second-order valence-electron chi connectivity index (χ2n) is 3.50. The van der Waals surface area contributed by atoms with Crippen molar-refractivity contribution in [2.45, 2.75) is 6.04 Å². The summed E-state index contributed by atoms with van der Waals surface area (Å²) >= 11 is 0. The van der Waals surface area contributed by atoms with Crippen LogP contribution in [0, 0.1) is 0 Å². The fourth-order valence-electron chi connectivity index (χ4n) is 1.52. The molecule has 1 unspecified atom stereocenters. The van der Waals surface area contributed by atoms with Crippen molar-refractivity contribution in [3.8, 4) is 0 Å². The van der Waals surface area contributed by atoms with E-state index in [1.165, 1.54) is 4.57 Å². The van der Waals surface area contributed by atoms with Crippen LogP contribution in [-0.2, 0) is 7.05 Å². The van der Waals surface area contributed by atoms with Gasteiger partial charge in [0.15, 0.2) is 5.58 Å². The molecule has 1 heterocycles. The van der Waals surface area contributed by atoms with E-state index in [9.17, 15) is 4.79 Å². The second-order valence-corrected chi connectivity index (χ2v) is 3.50. The summed E-state index contributed by atoms with van der Waals surface area (Å²) in [7, 11) is 1.66. The molecule has 0 radical (unpaired) electrons. The molecule has 80 valence electrons. The Labute approximate surface area is 86.3 Å². The van der Waals surface area contributed by atoms with Gasteiger partial charge in [0.1, 0.15) is 0 Å². The van der Waals surface area contributed by atoms with Gasteiger partial charge in [0.05, 0.1) is 5.52 Å². The molecule has 5 heteroatoms. The molecule has 0 aliphatic heterocycles. The molecule has 1 atom stereocenters. The van der Waals surface area contributed by atoms with E-state index in [-0.39, 0.29) is 11.8 Å². The molecule has 0 aliphatic carbocycles. The van der Waals surface area contributed by atoms with Gasteiger partial charge < -0.3 is 15.9 Å². The molecule has 0 spiro atoms. The van der Waals surface area contributed by atoms with Crippen molar-refractivity contribution in [2.24, 2.45) is 18.5 Å². The van der Waals surface area contributed by atoms with Gasteiger partial charge in [-0.25, -0.2) is 4.79 Å². The van der Waals surface area contributed by atoms with Crippen molar-refractivity contribution in [1.29, 1.82) is 0 Å². The Kier molecular flexibility index (Phi) is 2.34. The highest BCUT2D eigenvalue weighted by Gasteiger charge is 2.09. The van der Waals surface area contributed by atoms with Gasteiger partial charge in [-0.2, -0.15) is 0 Å². The average Bonchev–Trinajstić information content (AvgIpc) is 2.53. The second kappa shape index (κ2) is 3.52. The third-order valence-corrected chi connectivity index (χ3v) is 2.50. The predicted molar refractivity (Wildman–Crippen MR) is 57.4 cm³/mol. The zero-order valence-corrected chi connectivity index (χ0v) is 8.43. The quantitative estimate of drug-likeness (QED) is 0.730. The first-order chi connectivity index (χ1) is 7.13. The Bertz CT molecular complexity index is 541. The summed E-state index contributed by atoms with van der Waals surface area (Å²) in [6.45, 7) is 0.364. The van der Waals surface area contributed by atoms with Crippen LogP contribution in [0.15, 0.2) is 27.4 Å². The number of aryl methyl sites for hydroxylation is 1. The minimum absolute atomic E-state index is 0.222. The van der Waals surface area contributed by atoms with E-state index in [0.29, 0.717) is 12.1 Å². The van der Waals surface area contributed by atoms with Gasteiger partial charge in [-0.1, -0.05) is 6.07 Å². The molecule has 0 amide bonds. The van der Waals surface area contributed by atoms with Crippen LogP contribution in [0.25, 0.3) is 11.1 Å². The number of nitrogens with two attached hydrogens (primary N) is 2. The van der Waals surface area contributed by atoms with Crippen LogP contribution in [0.5, 0.6) is 0 Å². The Morgan fingerprint density at radius 3 is 2.93 bits per heavy atom. The van der Waals surface area contributed by atoms with Crippen molar-refractivity contribution in [3.63, 3.8) is 0 Å². The predicted octanol–water partition coefficient (Wildman–Crippen LogP) is 0.0900. The lowest BCUT2D eigenvalue weighted by Crippen LogP contribution is -2.20. The molecule has 5 nitrogen and oxygen atoms in total. The lowest BCUT2D eigenvalue weighted by atomic mass is 10.1. The summed E-state index contributed by atoms with van der Waals surface area (Å²) < 4.78 is 6.50. The van der Waals surface area contributed by atoms with Gasteiger partial charge in [0, 0.05) is 19.6 Å². The number of aromatic nitrogens is 1. The summed E-state index contributed by atoms with van der Waals surface area (Å²) in [6.07, 6.45) is 0. The van der Waals surface area contributed by atoms with E-state index >= 15 is 0 Å². The highest BCUT2D eigenvalue weighted by Crippen LogP contribution is 2.17. The largest absolute Gasteiger partial charge is 0.419 e. The first kappa shape index (κ1) is 9.95. The highest BCUT2D eigenvalue weighted by molar-refractivity contribution is 5.73. The van der Waals surface area contributed by atoms with Crippen molar-refractivity contribution >= 4 is 11.1 Å². The summed E-state index contributed by atoms with van der Waals surface area (Å²) in [5.74, 6) is -0.372. The number of hydrogen-bond donors (Lipinski definition) is 2. The number of benzene rings is 1. The topological polar surface area (TPSA) is 87.2 Å². The highest BCUT2D eigenvalue weighted by atomic mass is 16.4. The molecule has 2 aromatic rings. The fourth-order valence-corrected chi connectivity index (χ4v) is 1.52. The maximum Gasteiger partial charge on any atom is 0.419 e. The number of fused-ring (bicyclic) bond motifs is 1. The van der Waals surface area contributed by atoms with E-state index in [0.717, 1.165) is 11.1 Å². The van der Waals surface area contributed by atoms with Crippen molar-refractivity contribution in [2.75, 3.05) is 6.54 Å². The molecule has 15 heavy (non-hydrogen) atoms. The fraction of sp³-hybridized carbons (Fsp3) is 0.300. The lowest BCUT2D eigenvalue weighted by Gasteiger charge is -2.07. The van der Waals surface area contributed by atoms with E-state index in [4.69, 9.17) is 15.9 Å². The van der Waals surface area contributed by atoms with Gasteiger partial charge in [-0.3, -0.25) is 4.57 Å². The van der Waals surface area contributed by atoms with Gasteiger partial charge >= 0.3 is 5.76 Å². The third kappa shape index (κ3) is 1.55. The van der Waals surface area contributed by atoms with Gasteiger partial charge in [0.2, 0.25) is 0 Å². The molecule has 0 saturated carbocycles. The Hall–Kier alpha value is -1.59. The van der Waals surface area contributed by atoms with Gasteiger partial charge in [-0.05, 0) is 17.7 Å². The first-order valence-electron chi connectivity index (χ1n) is 4.68. The molecule has 4 N–H and O–H groups in total. The van der Waals surface area contributed by atoms with Crippen LogP contribution in [0.2, 0.25) is 0 Å². The maximum atomic E-state index is 11.2. The zero-order valence-electron chi connectivity index (χ0n) is 8.43. The Morgan fingerprint density at radius 2 is 2.27 bits per heavy atom. The summed E-state index contributed by atoms with van der Waals surface area (Å²) in [5, 5.41) is 0. The maximum absolute atomic E-state index is 11.2. The van der Waals surface area contributed by atoms with Crippen LogP contribution < -0.4 is 17.2 Å². The van der Waals surface area contributed by atoms with E-state index in [2.05, 4.69) is 0 Å². The van der Waals surface area contributed by atoms with Crippen molar-refractivity contribution in [1.82, 2.24) is 4.57 Å². The zero-order chi connectivity index (χ0) is 11.0. The molecule has 0 saturated heterocycles. The van der Waals surface area contributed by atoms with Crippen LogP contribution in [-0.4, -0.2) is 11.1 Å². The average molecular weight is 207 g/mol. The molecule has 1 aromatic carbocycles. The van der Waals surface area contributed by atoms with Gasteiger partial charge in [-0.15, -0.1) is 0 Å². The molecule has 1 aromatic heterocycles. The smallest absolute Gasteiger partial charge is 0.408 e. The van der Waals surface area contributed by atoms with E-state index in [1.54, 1.807) is 13.1 Å². The van der Waals surface area contributed by atoms with Crippen LogP contribution in [0.3, 0.4) is 0 Å². The normalized spacial score (nSPS) is 13.3. The Morgan fingerprint density at radius 1 is 1.53 bits per heavy atom. The number of rotatable bonds is 2. The number of nitrogens with zero attached hydrogens (tertiary/aromatic N) is 1. The molecular weight excluding hydrogens is 194 g/mol. The summed E-state index contributed by atoms with van der Waals surface area (Å²) in [4.78, 5) is 11.2. The van der Waals surface area contributed by atoms with E-state index in [1.807, 2.05) is 12.1 Å². The molecule has 2 rings (SSSR count). The molecular formula is C10H13N3O2. The van der Waals surface area contributed by atoms with E-state index < -0.39 is 0 Å². The van der Waals surface area contributed by atoms with Crippen LogP contribution >= 0.6 is 0 Å². The number of oxazole rings is 1. The molecule has 0 aliphatic rings. The molecule has 0 bridgehead atoms. The third-order valence-electron chi connectivity index (χ3n) is 2.50. The van der Waals surface area contributed by atoms with Crippen molar-refractivity contribution < 1.29 is 4.42 Å². The van der Waals surface area contributed by atoms with Gasteiger partial charge in [0.25, 0.3) is 0 Å². The standard InChI is InChI=1S/C10H13N3O2/c1-13-8-3-2-6(7(12)5-11)4-9(8)15-10(13)14/h2-4,7H,5,11-12H2,1H3. The minimum atomic E-state index is -0.372.